The summed E-state index contributed by atoms with van der Waals surface area (Å²) in [5.41, 5.74) is 3.23. The lowest BCUT2D eigenvalue weighted by atomic mass is 9.79. The fourth-order valence-corrected chi connectivity index (χ4v) is 5.13. The van der Waals surface area contributed by atoms with Crippen LogP contribution in [0.5, 0.6) is 0 Å². The van der Waals surface area contributed by atoms with Gasteiger partial charge in [0.1, 0.15) is 0 Å². The van der Waals surface area contributed by atoms with E-state index in [1.807, 2.05) is 0 Å². The van der Waals surface area contributed by atoms with Crippen molar-refractivity contribution in [3.05, 3.63) is 42.0 Å². The molecule has 148 valence electrons. The Kier molecular flexibility index (Phi) is 7.25. The summed E-state index contributed by atoms with van der Waals surface area (Å²) in [6.07, 6.45) is 11.0. The van der Waals surface area contributed by atoms with Gasteiger partial charge in [-0.3, -0.25) is 0 Å². The van der Waals surface area contributed by atoms with Crippen LogP contribution in [-0.2, 0) is 5.41 Å². The van der Waals surface area contributed by atoms with Gasteiger partial charge in [0.25, 0.3) is 0 Å². The quantitative estimate of drug-likeness (QED) is 0.274. The predicted molar refractivity (Wildman–Crippen MR) is 125 cm³/mol. The van der Waals surface area contributed by atoms with Crippen LogP contribution in [0, 0.1) is 0 Å². The molecular weight excluding hydrogens is 394 g/mol. The molecule has 1 nitrogen and oxygen atoms in total. The minimum absolute atomic E-state index is 0.200. The smallest absolute Gasteiger partial charge is 0.0414 e. The third kappa shape index (κ3) is 4.53. The van der Waals surface area contributed by atoms with Crippen LogP contribution in [0.3, 0.4) is 0 Å². The van der Waals surface area contributed by atoms with Gasteiger partial charge < -0.3 is 4.90 Å². The predicted octanol–water partition coefficient (Wildman–Crippen LogP) is 7.84. The Bertz CT molecular complexity index is 736. The summed E-state index contributed by atoms with van der Waals surface area (Å²) in [5, 5.41) is 3.98. The molecule has 1 unspecified atom stereocenters. The maximum absolute atomic E-state index is 3.52. The van der Waals surface area contributed by atoms with Crippen LogP contribution in [0.2, 0.25) is 0 Å². The van der Waals surface area contributed by atoms with Gasteiger partial charge in [0.15, 0.2) is 0 Å². The van der Waals surface area contributed by atoms with Crippen molar-refractivity contribution in [3.63, 3.8) is 0 Å². The van der Waals surface area contributed by atoms with Crippen molar-refractivity contribution in [2.45, 2.75) is 83.6 Å². The molecule has 0 saturated heterocycles. The number of hydrogen-bond acceptors (Lipinski definition) is 1. The zero-order chi connectivity index (χ0) is 19.3. The molecule has 2 aromatic carbocycles. The SMILES string of the molecule is CC1N(CCCCCCCCCCBr)c2ccc3ccccc3c2C1(C)C. The molecule has 0 fully saturated rings. The highest BCUT2D eigenvalue weighted by Gasteiger charge is 2.42. The highest BCUT2D eigenvalue weighted by Crippen LogP contribution is 2.48. The van der Waals surface area contributed by atoms with Crippen molar-refractivity contribution < 1.29 is 0 Å². The van der Waals surface area contributed by atoms with E-state index in [1.54, 1.807) is 5.56 Å². The lowest BCUT2D eigenvalue weighted by Gasteiger charge is -2.31. The molecule has 1 heterocycles. The first-order valence-electron chi connectivity index (χ1n) is 10.9. The number of unbranched alkanes of at least 4 members (excludes halogenated alkanes) is 7. The van der Waals surface area contributed by atoms with Crippen LogP contribution in [-0.4, -0.2) is 17.9 Å². The maximum atomic E-state index is 3.52. The van der Waals surface area contributed by atoms with Gasteiger partial charge in [-0.25, -0.2) is 0 Å². The van der Waals surface area contributed by atoms with Crippen LogP contribution in [0.15, 0.2) is 36.4 Å². The molecule has 1 aliphatic rings. The van der Waals surface area contributed by atoms with Gasteiger partial charge in [0.2, 0.25) is 0 Å². The van der Waals surface area contributed by atoms with Gasteiger partial charge in [0.05, 0.1) is 0 Å². The molecular formula is C25H36BrN. The molecule has 0 aromatic heterocycles. The van der Waals surface area contributed by atoms with E-state index in [1.165, 1.54) is 74.4 Å². The zero-order valence-corrected chi connectivity index (χ0v) is 19.0. The molecule has 2 heteroatoms. The highest BCUT2D eigenvalue weighted by atomic mass is 79.9. The van der Waals surface area contributed by atoms with E-state index in [4.69, 9.17) is 0 Å². The largest absolute Gasteiger partial charge is 0.368 e. The van der Waals surface area contributed by atoms with Gasteiger partial charge >= 0.3 is 0 Å². The molecule has 2 aromatic rings. The summed E-state index contributed by atoms with van der Waals surface area (Å²) >= 11 is 3.52. The third-order valence-corrected chi connectivity index (χ3v) is 7.22. The van der Waals surface area contributed by atoms with Gasteiger partial charge in [-0.2, -0.15) is 0 Å². The van der Waals surface area contributed by atoms with Crippen molar-refractivity contribution in [2.24, 2.45) is 0 Å². The van der Waals surface area contributed by atoms with Crippen molar-refractivity contribution in [1.82, 2.24) is 0 Å². The first-order valence-corrected chi connectivity index (χ1v) is 12.0. The average molecular weight is 430 g/mol. The van der Waals surface area contributed by atoms with Crippen LogP contribution >= 0.6 is 15.9 Å². The molecule has 0 bridgehead atoms. The molecule has 0 spiro atoms. The molecule has 27 heavy (non-hydrogen) atoms. The van der Waals surface area contributed by atoms with Gasteiger partial charge in [0, 0.05) is 29.0 Å². The molecule has 3 rings (SSSR count). The first kappa shape index (κ1) is 20.7. The number of nitrogens with zero attached hydrogens (tertiary/aromatic N) is 1. The van der Waals surface area contributed by atoms with E-state index in [0.717, 1.165) is 5.33 Å². The van der Waals surface area contributed by atoms with Crippen LogP contribution in [0.25, 0.3) is 10.8 Å². The fraction of sp³-hybridized carbons (Fsp3) is 0.600. The van der Waals surface area contributed by atoms with Crippen molar-refractivity contribution in [2.75, 3.05) is 16.8 Å². The lowest BCUT2D eigenvalue weighted by molar-refractivity contribution is 0.438. The summed E-state index contributed by atoms with van der Waals surface area (Å²) < 4.78 is 0. The molecule has 0 amide bonds. The second-order valence-electron chi connectivity index (χ2n) is 8.79. The highest BCUT2D eigenvalue weighted by molar-refractivity contribution is 9.09. The Labute approximate surface area is 174 Å². The molecule has 1 aliphatic heterocycles. The standard InChI is InChI=1S/C25H36BrN/c1-20-25(2,3)24-22-15-11-10-14-21(22)16-17-23(24)27(20)19-13-9-7-5-4-6-8-12-18-26/h10-11,14-17,20H,4-9,12-13,18-19H2,1-3H3. The van der Waals surface area contributed by atoms with Crippen LogP contribution in [0.1, 0.15) is 77.7 Å². The molecule has 1 atom stereocenters. The number of fused-ring (bicyclic) bond motifs is 3. The Morgan fingerprint density at radius 3 is 2.19 bits per heavy atom. The monoisotopic (exact) mass is 429 g/mol. The number of anilines is 1. The van der Waals surface area contributed by atoms with E-state index >= 15 is 0 Å². The summed E-state index contributed by atoms with van der Waals surface area (Å²) in [6.45, 7) is 8.46. The van der Waals surface area contributed by atoms with Crippen LogP contribution in [0.4, 0.5) is 5.69 Å². The number of benzene rings is 2. The van der Waals surface area contributed by atoms with E-state index in [-0.39, 0.29) is 5.41 Å². The summed E-state index contributed by atoms with van der Waals surface area (Å²) in [6, 6.07) is 14.1. The molecule has 0 N–H and O–H groups in total. The molecule has 0 saturated carbocycles. The third-order valence-electron chi connectivity index (χ3n) is 6.66. The summed E-state index contributed by atoms with van der Waals surface area (Å²) in [5.74, 6) is 0. The normalized spacial score (nSPS) is 18.2. The average Bonchev–Trinajstić information content (AvgIpc) is 2.87. The van der Waals surface area contributed by atoms with Crippen molar-refractivity contribution >= 4 is 32.4 Å². The number of rotatable bonds is 10. The number of halogens is 1. The Hall–Kier alpha value is -1.02. The Balaban J connectivity index is 1.58. The fourth-order valence-electron chi connectivity index (χ4n) is 4.74. The van der Waals surface area contributed by atoms with Crippen LogP contribution < -0.4 is 4.90 Å². The number of hydrogen-bond donors (Lipinski definition) is 0. The van der Waals surface area contributed by atoms with Gasteiger partial charge in [-0.15, -0.1) is 0 Å². The van der Waals surface area contributed by atoms with E-state index < -0.39 is 0 Å². The lowest BCUT2D eigenvalue weighted by Crippen LogP contribution is -2.39. The summed E-state index contributed by atoms with van der Waals surface area (Å²) in [4.78, 5) is 2.68. The minimum Gasteiger partial charge on any atom is -0.368 e. The second kappa shape index (κ2) is 9.45. The van der Waals surface area contributed by atoms with E-state index in [9.17, 15) is 0 Å². The van der Waals surface area contributed by atoms with Gasteiger partial charge in [-0.05, 0) is 42.2 Å². The Morgan fingerprint density at radius 2 is 1.48 bits per heavy atom. The minimum atomic E-state index is 0.200. The Morgan fingerprint density at radius 1 is 0.852 bits per heavy atom. The second-order valence-corrected chi connectivity index (χ2v) is 9.58. The molecule has 0 aliphatic carbocycles. The van der Waals surface area contributed by atoms with Crippen molar-refractivity contribution in [3.8, 4) is 0 Å². The summed E-state index contributed by atoms with van der Waals surface area (Å²) in [7, 11) is 0. The van der Waals surface area contributed by atoms with E-state index in [0.29, 0.717) is 6.04 Å². The topological polar surface area (TPSA) is 3.24 Å². The number of alkyl halides is 1. The molecule has 0 radical (unpaired) electrons. The zero-order valence-electron chi connectivity index (χ0n) is 17.4. The van der Waals surface area contributed by atoms with Gasteiger partial charge in [-0.1, -0.05) is 98.6 Å². The van der Waals surface area contributed by atoms with Crippen molar-refractivity contribution in [1.29, 1.82) is 0 Å². The first-order chi connectivity index (χ1) is 13.1. The van der Waals surface area contributed by atoms with E-state index in [2.05, 4.69) is 78.0 Å². The maximum Gasteiger partial charge on any atom is 0.0414 e.